The van der Waals surface area contributed by atoms with Crippen molar-refractivity contribution in [2.75, 3.05) is 37.8 Å². The molecule has 0 aliphatic heterocycles. The first kappa shape index (κ1) is 16.2. The molecule has 1 amide bonds. The summed E-state index contributed by atoms with van der Waals surface area (Å²) in [6.07, 6.45) is -0.504. The Kier molecular flexibility index (Phi) is 5.76. The second-order valence-electron chi connectivity index (χ2n) is 5.77. The number of carbonyl (C=O) groups is 1. The van der Waals surface area contributed by atoms with Crippen molar-refractivity contribution in [3.05, 3.63) is 18.2 Å². The van der Waals surface area contributed by atoms with Crippen LogP contribution < -0.4 is 10.6 Å². The van der Waals surface area contributed by atoms with Gasteiger partial charge in [0.1, 0.15) is 17.2 Å². The maximum absolute atomic E-state index is 11.6. The van der Waals surface area contributed by atoms with Crippen molar-refractivity contribution in [3.8, 4) is 0 Å². The van der Waals surface area contributed by atoms with Gasteiger partial charge < -0.3 is 15.0 Å². The Morgan fingerprint density at radius 1 is 1.30 bits per heavy atom. The molecule has 0 aromatic carbocycles. The first-order valence-corrected chi connectivity index (χ1v) is 6.62. The van der Waals surface area contributed by atoms with Crippen LogP contribution in [0, 0.1) is 0 Å². The molecule has 0 bridgehead atoms. The highest BCUT2D eigenvalue weighted by Gasteiger charge is 2.16. The van der Waals surface area contributed by atoms with E-state index in [-0.39, 0.29) is 0 Å². The van der Waals surface area contributed by atoms with Crippen LogP contribution in [0.3, 0.4) is 0 Å². The number of nitrogens with one attached hydrogen (secondary N) is 2. The van der Waals surface area contributed by atoms with E-state index in [1.807, 2.05) is 47.0 Å². The molecule has 0 radical (unpaired) electrons. The van der Waals surface area contributed by atoms with Gasteiger partial charge in [-0.05, 0) is 47.0 Å². The lowest BCUT2D eigenvalue weighted by Gasteiger charge is -2.19. The van der Waals surface area contributed by atoms with Crippen molar-refractivity contribution < 1.29 is 9.53 Å². The van der Waals surface area contributed by atoms with Crippen LogP contribution in [0.2, 0.25) is 0 Å². The minimum atomic E-state index is -0.522. The third kappa shape index (κ3) is 6.94. The molecule has 0 atom stereocenters. The molecule has 6 nitrogen and oxygen atoms in total. The smallest absolute Gasteiger partial charge is 0.413 e. The maximum atomic E-state index is 11.6. The number of ether oxygens (including phenoxy) is 1. The van der Waals surface area contributed by atoms with E-state index in [0.717, 1.165) is 18.9 Å². The quantitative estimate of drug-likeness (QED) is 0.867. The molecule has 1 aromatic rings. The molecule has 0 unspecified atom stereocenters. The Balaban J connectivity index is 2.53. The van der Waals surface area contributed by atoms with Crippen LogP contribution in [0.1, 0.15) is 20.8 Å². The van der Waals surface area contributed by atoms with E-state index in [4.69, 9.17) is 4.74 Å². The highest BCUT2D eigenvalue weighted by molar-refractivity contribution is 5.83. The van der Waals surface area contributed by atoms with Gasteiger partial charge in [-0.3, -0.25) is 5.32 Å². The van der Waals surface area contributed by atoms with Crippen LogP contribution in [0.15, 0.2) is 18.2 Å². The van der Waals surface area contributed by atoms with Crippen LogP contribution in [0.5, 0.6) is 0 Å². The zero-order chi connectivity index (χ0) is 15.2. The van der Waals surface area contributed by atoms with Gasteiger partial charge in [-0.1, -0.05) is 6.07 Å². The lowest BCUT2D eigenvalue weighted by atomic mass is 10.2. The number of hydrogen-bond acceptors (Lipinski definition) is 5. The van der Waals surface area contributed by atoms with Gasteiger partial charge in [-0.15, -0.1) is 0 Å². The predicted molar refractivity (Wildman–Crippen MR) is 81.1 cm³/mol. The van der Waals surface area contributed by atoms with E-state index < -0.39 is 11.7 Å². The molecule has 1 heterocycles. The number of rotatable bonds is 5. The van der Waals surface area contributed by atoms with E-state index in [1.54, 1.807) is 6.07 Å². The molecule has 2 N–H and O–H groups in total. The normalized spacial score (nSPS) is 11.3. The number of likely N-dealkylation sites (N-methyl/N-ethyl adjacent to an activating group) is 1. The lowest BCUT2D eigenvalue weighted by Crippen LogP contribution is -2.27. The topological polar surface area (TPSA) is 66.5 Å². The minimum absolute atomic E-state index is 0.467. The molecule has 1 aromatic heterocycles. The molecule has 20 heavy (non-hydrogen) atoms. The van der Waals surface area contributed by atoms with Crippen molar-refractivity contribution in [1.82, 2.24) is 9.88 Å². The molecule has 0 aliphatic carbocycles. The van der Waals surface area contributed by atoms with Crippen molar-refractivity contribution >= 4 is 17.7 Å². The number of pyridine rings is 1. The third-order valence-corrected chi connectivity index (χ3v) is 2.24. The van der Waals surface area contributed by atoms with Gasteiger partial charge in [0.15, 0.2) is 0 Å². The fourth-order valence-corrected chi connectivity index (χ4v) is 1.42. The summed E-state index contributed by atoms with van der Waals surface area (Å²) in [5.41, 5.74) is -0.522. The summed E-state index contributed by atoms with van der Waals surface area (Å²) in [6, 6.07) is 5.41. The van der Waals surface area contributed by atoms with Crippen LogP contribution >= 0.6 is 0 Å². The van der Waals surface area contributed by atoms with Gasteiger partial charge in [0, 0.05) is 13.1 Å². The molecule has 0 saturated carbocycles. The maximum Gasteiger partial charge on any atom is 0.413 e. The molecule has 1 rings (SSSR count). The molecular formula is C14H24N4O2. The molecule has 0 saturated heterocycles. The minimum Gasteiger partial charge on any atom is -0.444 e. The van der Waals surface area contributed by atoms with E-state index in [1.165, 1.54) is 0 Å². The Labute approximate surface area is 120 Å². The predicted octanol–water partition coefficient (Wildman–Crippen LogP) is 2.40. The fraction of sp³-hybridized carbons (Fsp3) is 0.571. The molecule has 0 fully saturated rings. The van der Waals surface area contributed by atoms with Gasteiger partial charge in [-0.2, -0.15) is 0 Å². The second kappa shape index (κ2) is 7.09. The third-order valence-electron chi connectivity index (χ3n) is 2.24. The van der Waals surface area contributed by atoms with Crippen LogP contribution in [0.25, 0.3) is 0 Å². The number of aromatic nitrogens is 1. The van der Waals surface area contributed by atoms with Crippen molar-refractivity contribution in [2.24, 2.45) is 0 Å². The van der Waals surface area contributed by atoms with Gasteiger partial charge in [0.05, 0.1) is 0 Å². The summed E-state index contributed by atoms with van der Waals surface area (Å²) in [5.74, 6) is 1.19. The van der Waals surface area contributed by atoms with Crippen LogP contribution in [-0.2, 0) is 4.74 Å². The SMILES string of the molecule is CN(C)CCNc1cccc(NC(=O)OC(C)(C)C)n1. The van der Waals surface area contributed by atoms with Gasteiger partial charge >= 0.3 is 6.09 Å². The van der Waals surface area contributed by atoms with Crippen LogP contribution in [0.4, 0.5) is 16.4 Å². The lowest BCUT2D eigenvalue weighted by molar-refractivity contribution is 0.0635. The molecule has 112 valence electrons. The van der Waals surface area contributed by atoms with Crippen molar-refractivity contribution in [2.45, 2.75) is 26.4 Å². The number of hydrogen-bond donors (Lipinski definition) is 2. The number of carbonyl (C=O) groups excluding carboxylic acids is 1. The second-order valence-corrected chi connectivity index (χ2v) is 5.77. The first-order chi connectivity index (χ1) is 9.26. The van der Waals surface area contributed by atoms with Crippen molar-refractivity contribution in [3.63, 3.8) is 0 Å². The van der Waals surface area contributed by atoms with E-state index in [2.05, 4.69) is 20.5 Å². The average molecular weight is 280 g/mol. The number of nitrogens with zero attached hydrogens (tertiary/aromatic N) is 2. The monoisotopic (exact) mass is 280 g/mol. The summed E-state index contributed by atoms with van der Waals surface area (Å²) in [7, 11) is 4.02. The zero-order valence-corrected chi connectivity index (χ0v) is 12.9. The largest absolute Gasteiger partial charge is 0.444 e. The summed E-state index contributed by atoms with van der Waals surface area (Å²) in [4.78, 5) is 18.0. The number of anilines is 2. The molecular weight excluding hydrogens is 256 g/mol. The summed E-state index contributed by atoms with van der Waals surface area (Å²) in [6.45, 7) is 7.15. The van der Waals surface area contributed by atoms with Gasteiger partial charge in [-0.25, -0.2) is 9.78 Å². The van der Waals surface area contributed by atoms with Gasteiger partial charge in [0.2, 0.25) is 0 Å². The molecule has 0 aliphatic rings. The summed E-state index contributed by atoms with van der Waals surface area (Å²) in [5, 5.41) is 5.81. The standard InChI is InChI=1S/C14H24N4O2/c1-14(2,3)20-13(19)17-12-8-6-7-11(16-12)15-9-10-18(4)5/h6-8H,9-10H2,1-5H3,(H2,15,16,17,19). The average Bonchev–Trinajstić information content (AvgIpc) is 2.26. The van der Waals surface area contributed by atoms with E-state index >= 15 is 0 Å². The molecule has 0 spiro atoms. The number of amides is 1. The van der Waals surface area contributed by atoms with E-state index in [0.29, 0.717) is 5.82 Å². The van der Waals surface area contributed by atoms with E-state index in [9.17, 15) is 4.79 Å². The first-order valence-electron chi connectivity index (χ1n) is 6.62. The molecule has 6 heteroatoms. The summed E-state index contributed by atoms with van der Waals surface area (Å²) >= 11 is 0. The van der Waals surface area contributed by atoms with Gasteiger partial charge in [0.25, 0.3) is 0 Å². The fourth-order valence-electron chi connectivity index (χ4n) is 1.42. The zero-order valence-electron chi connectivity index (χ0n) is 12.9. The van der Waals surface area contributed by atoms with Crippen LogP contribution in [-0.4, -0.2) is 48.8 Å². The Morgan fingerprint density at radius 2 is 1.95 bits per heavy atom. The Morgan fingerprint density at radius 3 is 2.55 bits per heavy atom. The Hall–Kier alpha value is -1.82. The van der Waals surface area contributed by atoms with Crippen molar-refractivity contribution in [1.29, 1.82) is 0 Å². The highest BCUT2D eigenvalue weighted by atomic mass is 16.6. The Bertz CT molecular complexity index is 441. The highest BCUT2D eigenvalue weighted by Crippen LogP contribution is 2.12. The summed E-state index contributed by atoms with van der Waals surface area (Å²) < 4.78 is 5.18.